The van der Waals surface area contributed by atoms with Crippen LogP contribution in [0.15, 0.2) is 24.1 Å². The van der Waals surface area contributed by atoms with Crippen LogP contribution in [0.5, 0.6) is 0 Å². The van der Waals surface area contributed by atoms with E-state index in [1.807, 2.05) is 11.5 Å². The number of hydrogen-bond donors (Lipinski definition) is 2. The summed E-state index contributed by atoms with van der Waals surface area (Å²) in [5, 5.41) is 11.3. The van der Waals surface area contributed by atoms with Gasteiger partial charge in [-0.3, -0.25) is 0 Å². The lowest BCUT2D eigenvalue weighted by molar-refractivity contribution is 0.127. The number of aromatic nitrogens is 1. The smallest absolute Gasteiger partial charge is 0.407 e. The van der Waals surface area contributed by atoms with Crippen LogP contribution < -0.4 is 0 Å². The number of carboxylic acid groups (broad SMARTS) is 1. The van der Waals surface area contributed by atoms with Gasteiger partial charge in [0, 0.05) is 11.4 Å². The third-order valence-corrected chi connectivity index (χ3v) is 4.29. The van der Waals surface area contributed by atoms with Crippen molar-refractivity contribution >= 4 is 35.2 Å². The molecule has 0 saturated heterocycles. The molecule has 0 radical (unpaired) electrons. The summed E-state index contributed by atoms with van der Waals surface area (Å²) >= 11 is 6.52. The molecule has 2 N–H and O–H groups in total. The van der Waals surface area contributed by atoms with Crippen molar-refractivity contribution in [3.8, 4) is 0 Å². The van der Waals surface area contributed by atoms with Crippen LogP contribution in [0.4, 0.5) is 4.79 Å². The van der Waals surface area contributed by atoms with E-state index in [1.165, 1.54) is 16.2 Å². The van der Waals surface area contributed by atoms with Crippen LogP contribution >= 0.6 is 23.6 Å². The zero-order valence-corrected chi connectivity index (χ0v) is 12.1. The zero-order valence-electron chi connectivity index (χ0n) is 10.5. The van der Waals surface area contributed by atoms with Crippen molar-refractivity contribution in [1.29, 1.82) is 0 Å². The zero-order chi connectivity index (χ0) is 13.8. The Morgan fingerprint density at radius 2 is 2.53 bits per heavy atom. The van der Waals surface area contributed by atoms with Gasteiger partial charge in [-0.2, -0.15) is 0 Å². The summed E-state index contributed by atoms with van der Waals surface area (Å²) in [6.07, 6.45) is 5.47. The Bertz CT molecular complexity index is 559. The van der Waals surface area contributed by atoms with Crippen molar-refractivity contribution in [3.63, 3.8) is 0 Å². The molecular weight excluding hydrogens is 280 g/mol. The topological polar surface area (TPSA) is 56.3 Å². The minimum Gasteiger partial charge on any atom is -0.465 e. The molecule has 1 amide bonds. The lowest BCUT2D eigenvalue weighted by Crippen LogP contribution is -2.42. The van der Waals surface area contributed by atoms with Gasteiger partial charge >= 0.3 is 6.09 Å². The Morgan fingerprint density at radius 3 is 3.11 bits per heavy atom. The minimum atomic E-state index is -0.867. The van der Waals surface area contributed by atoms with Gasteiger partial charge in [-0.25, -0.2) is 4.79 Å². The molecule has 0 bridgehead atoms. The van der Waals surface area contributed by atoms with E-state index < -0.39 is 6.09 Å². The molecule has 4 nitrogen and oxygen atoms in total. The van der Waals surface area contributed by atoms with Crippen LogP contribution in [0.2, 0.25) is 0 Å². The average Bonchev–Trinajstić information content (AvgIpc) is 2.82. The summed E-state index contributed by atoms with van der Waals surface area (Å²) in [5.74, 6) is 0. The lowest BCUT2D eigenvalue weighted by Gasteiger charge is -2.33. The molecule has 1 aliphatic rings. The standard InChI is InChI=1S/C13H16N2O2S2/c1-2-3-4-10-6-5-9(7-15(10)13(16)17)11-8-19-12(18)14-11/h2,5,8,10H,1,3-4,6-7H2,(H,14,18)(H,16,17)/t10-/m1/s1. The summed E-state index contributed by atoms with van der Waals surface area (Å²) in [6, 6.07) is 0.0425. The second kappa shape index (κ2) is 6.16. The van der Waals surface area contributed by atoms with Crippen molar-refractivity contribution in [3.05, 3.63) is 33.8 Å². The second-order valence-corrected chi connectivity index (χ2v) is 6.00. The maximum absolute atomic E-state index is 11.4. The first-order valence-electron chi connectivity index (χ1n) is 6.09. The largest absolute Gasteiger partial charge is 0.465 e. The maximum Gasteiger partial charge on any atom is 0.407 e. The van der Waals surface area contributed by atoms with E-state index in [4.69, 9.17) is 12.2 Å². The maximum atomic E-state index is 11.4. The fraction of sp³-hybridized carbons (Fsp3) is 0.385. The predicted molar refractivity (Wildman–Crippen MR) is 80.0 cm³/mol. The Labute approximate surface area is 121 Å². The van der Waals surface area contributed by atoms with Crippen molar-refractivity contribution < 1.29 is 9.90 Å². The highest BCUT2D eigenvalue weighted by Crippen LogP contribution is 2.26. The lowest BCUT2D eigenvalue weighted by atomic mass is 9.98. The van der Waals surface area contributed by atoms with E-state index in [2.05, 4.69) is 17.6 Å². The predicted octanol–water partition coefficient (Wildman–Crippen LogP) is 3.91. The number of aromatic amines is 1. The molecule has 1 aromatic rings. The van der Waals surface area contributed by atoms with Crippen molar-refractivity contribution in [2.45, 2.75) is 25.3 Å². The van der Waals surface area contributed by atoms with Gasteiger partial charge in [0.1, 0.15) is 0 Å². The number of amides is 1. The number of hydrogen-bond acceptors (Lipinski definition) is 3. The molecule has 102 valence electrons. The van der Waals surface area contributed by atoms with Gasteiger partial charge in [0.15, 0.2) is 3.95 Å². The number of carbonyl (C=O) groups is 1. The van der Waals surface area contributed by atoms with Crippen LogP contribution in [-0.4, -0.2) is 33.7 Å². The molecule has 0 saturated carbocycles. The Balaban J connectivity index is 2.17. The normalized spacial score (nSPS) is 19.1. The molecule has 0 aromatic carbocycles. The Hall–Kier alpha value is -1.40. The van der Waals surface area contributed by atoms with Gasteiger partial charge in [-0.1, -0.05) is 12.2 Å². The van der Waals surface area contributed by atoms with Gasteiger partial charge in [0.05, 0.1) is 12.2 Å². The molecule has 1 atom stereocenters. The minimum absolute atomic E-state index is 0.0425. The van der Waals surface area contributed by atoms with E-state index in [9.17, 15) is 9.90 Å². The number of nitrogens with one attached hydrogen (secondary N) is 1. The summed E-state index contributed by atoms with van der Waals surface area (Å²) in [4.78, 5) is 16.0. The van der Waals surface area contributed by atoms with Crippen LogP contribution in [-0.2, 0) is 0 Å². The SMILES string of the molecule is C=CCC[C@@H]1CC=C(c2csc(=S)[nH]2)CN1C(=O)O. The van der Waals surface area contributed by atoms with E-state index in [0.29, 0.717) is 10.5 Å². The highest BCUT2D eigenvalue weighted by atomic mass is 32.1. The highest BCUT2D eigenvalue weighted by molar-refractivity contribution is 7.73. The average molecular weight is 296 g/mol. The number of rotatable bonds is 4. The summed E-state index contributed by atoms with van der Waals surface area (Å²) in [5.41, 5.74) is 1.94. The number of nitrogens with zero attached hydrogens (tertiary/aromatic N) is 1. The molecule has 2 rings (SSSR count). The van der Waals surface area contributed by atoms with Gasteiger partial charge in [-0.05, 0) is 37.1 Å². The van der Waals surface area contributed by atoms with Gasteiger partial charge in [0.2, 0.25) is 0 Å². The molecule has 6 heteroatoms. The fourth-order valence-electron chi connectivity index (χ4n) is 2.22. The molecule has 2 heterocycles. The second-order valence-electron chi connectivity index (χ2n) is 4.46. The third kappa shape index (κ3) is 3.33. The third-order valence-electron chi connectivity index (χ3n) is 3.23. The Kier molecular flexibility index (Phi) is 4.55. The van der Waals surface area contributed by atoms with E-state index in [0.717, 1.165) is 30.5 Å². The van der Waals surface area contributed by atoms with Crippen LogP contribution in [0.3, 0.4) is 0 Å². The first-order chi connectivity index (χ1) is 9.11. The number of thiazole rings is 1. The van der Waals surface area contributed by atoms with Crippen LogP contribution in [0, 0.1) is 3.95 Å². The molecule has 0 aliphatic carbocycles. The summed E-state index contributed by atoms with van der Waals surface area (Å²) < 4.78 is 0.714. The first kappa shape index (κ1) is 14.0. The molecule has 1 aliphatic heterocycles. The fourth-order valence-corrected chi connectivity index (χ4v) is 3.08. The van der Waals surface area contributed by atoms with Crippen molar-refractivity contribution in [1.82, 2.24) is 9.88 Å². The first-order valence-corrected chi connectivity index (χ1v) is 7.38. The van der Waals surface area contributed by atoms with Gasteiger partial charge in [0.25, 0.3) is 0 Å². The van der Waals surface area contributed by atoms with E-state index >= 15 is 0 Å². The molecule has 0 unspecified atom stereocenters. The van der Waals surface area contributed by atoms with Crippen molar-refractivity contribution in [2.24, 2.45) is 0 Å². The number of H-pyrrole nitrogens is 1. The van der Waals surface area contributed by atoms with Gasteiger partial charge in [-0.15, -0.1) is 17.9 Å². The molecular formula is C13H16N2O2S2. The molecule has 19 heavy (non-hydrogen) atoms. The van der Waals surface area contributed by atoms with Crippen LogP contribution in [0.25, 0.3) is 5.57 Å². The summed E-state index contributed by atoms with van der Waals surface area (Å²) in [7, 11) is 0. The monoisotopic (exact) mass is 296 g/mol. The molecule has 0 fully saturated rings. The number of allylic oxidation sites excluding steroid dienone is 1. The van der Waals surface area contributed by atoms with Gasteiger partial charge < -0.3 is 15.0 Å². The Morgan fingerprint density at radius 1 is 1.74 bits per heavy atom. The van der Waals surface area contributed by atoms with Crippen LogP contribution in [0.1, 0.15) is 25.0 Å². The van der Waals surface area contributed by atoms with E-state index in [1.54, 1.807) is 0 Å². The molecule has 0 spiro atoms. The summed E-state index contributed by atoms with van der Waals surface area (Å²) in [6.45, 7) is 4.10. The van der Waals surface area contributed by atoms with E-state index in [-0.39, 0.29) is 6.04 Å². The quantitative estimate of drug-likeness (QED) is 0.654. The highest BCUT2D eigenvalue weighted by Gasteiger charge is 2.27. The molecule has 1 aromatic heterocycles. The van der Waals surface area contributed by atoms with Crippen molar-refractivity contribution in [2.75, 3.05) is 6.54 Å².